The van der Waals surface area contributed by atoms with Crippen molar-refractivity contribution in [3.05, 3.63) is 34.9 Å². The maximum absolute atomic E-state index is 12.3. The van der Waals surface area contributed by atoms with E-state index in [0.717, 1.165) is 12.0 Å². The molecule has 0 unspecified atom stereocenters. The Morgan fingerprint density at radius 3 is 2.90 bits per heavy atom. The first-order chi connectivity index (χ1) is 9.99. The maximum atomic E-state index is 12.3. The van der Waals surface area contributed by atoms with Crippen LogP contribution in [0, 0.1) is 0 Å². The molecule has 0 spiro atoms. The number of halogens is 1. The predicted octanol–water partition coefficient (Wildman–Crippen LogP) is 2.84. The smallest absolute Gasteiger partial charge is 0.330 e. The summed E-state index contributed by atoms with van der Waals surface area (Å²) in [6.45, 7) is 2.23. The van der Waals surface area contributed by atoms with E-state index in [9.17, 15) is 9.59 Å². The van der Waals surface area contributed by atoms with E-state index >= 15 is 0 Å². The minimum absolute atomic E-state index is 0.0518. The molecule has 4 nitrogen and oxygen atoms in total. The summed E-state index contributed by atoms with van der Waals surface area (Å²) in [5.41, 5.74) is 0.883. The number of thioether (sulfide) groups is 1. The second-order valence-corrected chi connectivity index (χ2v) is 7.44. The Morgan fingerprint density at radius 1 is 1.48 bits per heavy atom. The molecule has 0 N–H and O–H groups in total. The number of nitrogens with zero attached hydrogens (tertiary/aromatic N) is 1. The lowest BCUT2D eigenvalue weighted by Gasteiger charge is -2.29. The average Bonchev–Trinajstić information content (AvgIpc) is 2.95. The summed E-state index contributed by atoms with van der Waals surface area (Å²) < 4.78 is 5.36. The summed E-state index contributed by atoms with van der Waals surface area (Å²) in [5.74, 6) is 0.342. The van der Waals surface area contributed by atoms with Crippen LogP contribution in [0.3, 0.4) is 0 Å². The fraction of sp³-hybridized carbons (Fsp3) is 0.467. The summed E-state index contributed by atoms with van der Waals surface area (Å²) in [6, 6.07) is 6.71. The molecule has 0 saturated carbocycles. The fourth-order valence-electron chi connectivity index (χ4n) is 2.83. The highest BCUT2D eigenvalue weighted by Gasteiger charge is 2.53. The lowest BCUT2D eigenvalue weighted by Crippen LogP contribution is -2.46. The van der Waals surface area contributed by atoms with Gasteiger partial charge in [0.25, 0.3) is 0 Å². The highest BCUT2D eigenvalue weighted by molar-refractivity contribution is 8.01. The van der Waals surface area contributed by atoms with Gasteiger partial charge in [-0.3, -0.25) is 4.79 Å². The molecule has 112 valence electrons. The molecule has 6 heteroatoms. The van der Waals surface area contributed by atoms with E-state index < -0.39 is 6.04 Å². The van der Waals surface area contributed by atoms with Gasteiger partial charge in [0.2, 0.25) is 5.91 Å². The van der Waals surface area contributed by atoms with Gasteiger partial charge >= 0.3 is 5.97 Å². The Balaban J connectivity index is 1.63. The number of esters is 1. The number of benzene rings is 1. The first-order valence-electron chi connectivity index (χ1n) is 6.87. The van der Waals surface area contributed by atoms with Crippen molar-refractivity contribution in [3.8, 4) is 0 Å². The lowest BCUT2D eigenvalue weighted by atomic mass is 10.2. The van der Waals surface area contributed by atoms with Crippen LogP contribution in [0.4, 0.5) is 0 Å². The molecule has 1 aromatic rings. The number of hydrogen-bond acceptors (Lipinski definition) is 4. The number of fused-ring (bicyclic) bond motifs is 1. The Hall–Kier alpha value is -1.20. The van der Waals surface area contributed by atoms with E-state index in [4.69, 9.17) is 16.3 Å². The van der Waals surface area contributed by atoms with E-state index in [1.54, 1.807) is 28.8 Å². The van der Waals surface area contributed by atoms with Gasteiger partial charge in [-0.1, -0.05) is 23.7 Å². The van der Waals surface area contributed by atoms with Gasteiger partial charge < -0.3 is 9.64 Å². The number of rotatable bonds is 3. The average molecular weight is 326 g/mol. The summed E-state index contributed by atoms with van der Waals surface area (Å²) in [4.78, 5) is 25.7. The van der Waals surface area contributed by atoms with Crippen molar-refractivity contribution in [2.45, 2.75) is 37.3 Å². The molecule has 2 saturated heterocycles. The molecule has 0 radical (unpaired) electrons. The van der Waals surface area contributed by atoms with Gasteiger partial charge in [0.15, 0.2) is 0 Å². The van der Waals surface area contributed by atoms with Gasteiger partial charge in [-0.2, -0.15) is 0 Å². The predicted molar refractivity (Wildman–Crippen MR) is 82.0 cm³/mol. The van der Waals surface area contributed by atoms with Gasteiger partial charge in [0.05, 0.1) is 4.87 Å². The first kappa shape index (κ1) is 14.7. The van der Waals surface area contributed by atoms with Crippen molar-refractivity contribution in [1.29, 1.82) is 0 Å². The molecule has 2 atom stereocenters. The monoisotopic (exact) mass is 325 g/mol. The van der Waals surface area contributed by atoms with E-state index in [2.05, 4.69) is 0 Å². The van der Waals surface area contributed by atoms with Gasteiger partial charge in [-0.05, 0) is 31.0 Å². The summed E-state index contributed by atoms with van der Waals surface area (Å²) in [6.07, 6.45) is 1.32. The zero-order chi connectivity index (χ0) is 15.0. The van der Waals surface area contributed by atoms with Crippen LogP contribution in [-0.2, 0) is 20.9 Å². The minimum atomic E-state index is -0.456. The molecule has 3 rings (SSSR count). The van der Waals surface area contributed by atoms with Crippen LogP contribution in [0.1, 0.15) is 25.3 Å². The highest BCUT2D eigenvalue weighted by Crippen LogP contribution is 2.47. The van der Waals surface area contributed by atoms with Crippen molar-refractivity contribution < 1.29 is 14.3 Å². The summed E-state index contributed by atoms with van der Waals surface area (Å²) in [5, 5.41) is 0.649. The second kappa shape index (κ2) is 5.54. The second-order valence-electron chi connectivity index (χ2n) is 5.50. The van der Waals surface area contributed by atoms with Gasteiger partial charge in [-0.25, -0.2) is 4.79 Å². The zero-order valence-electron chi connectivity index (χ0n) is 11.7. The van der Waals surface area contributed by atoms with E-state index in [0.29, 0.717) is 17.2 Å². The minimum Gasteiger partial charge on any atom is -0.459 e. The molecule has 0 bridgehead atoms. The molecule has 2 aliphatic heterocycles. The van der Waals surface area contributed by atoms with E-state index in [1.807, 2.05) is 19.1 Å². The van der Waals surface area contributed by atoms with Crippen molar-refractivity contribution in [1.82, 2.24) is 4.90 Å². The maximum Gasteiger partial charge on any atom is 0.330 e. The number of carbonyl (C=O) groups excluding carboxylic acids is 2. The summed E-state index contributed by atoms with van der Waals surface area (Å²) in [7, 11) is 0. The van der Waals surface area contributed by atoms with Crippen molar-refractivity contribution in [2.24, 2.45) is 0 Å². The van der Waals surface area contributed by atoms with Crippen molar-refractivity contribution in [2.75, 3.05) is 5.75 Å². The molecule has 2 aliphatic rings. The molecule has 2 heterocycles. The normalized spacial score (nSPS) is 27.8. The van der Waals surface area contributed by atoms with Gasteiger partial charge in [0, 0.05) is 17.2 Å². The van der Waals surface area contributed by atoms with Gasteiger partial charge in [-0.15, -0.1) is 11.8 Å². The number of ether oxygens (including phenoxy) is 1. The molecule has 0 aliphatic carbocycles. The lowest BCUT2D eigenvalue weighted by molar-refractivity contribution is -0.154. The van der Waals surface area contributed by atoms with Crippen LogP contribution in [0.15, 0.2) is 24.3 Å². The van der Waals surface area contributed by atoms with Crippen molar-refractivity contribution >= 4 is 35.2 Å². The first-order valence-corrected chi connectivity index (χ1v) is 8.23. The molecular formula is C15H16ClNO3S. The fourth-order valence-corrected chi connectivity index (χ4v) is 4.37. The number of carbonyl (C=O) groups is 2. The van der Waals surface area contributed by atoms with Crippen LogP contribution >= 0.6 is 23.4 Å². The standard InChI is InChI=1S/C15H16ClNO3S/c1-15-7-6-13(18)17(15)12(9-21-15)14(19)20-8-10-2-4-11(16)5-3-10/h2-5,12H,6-9H2,1H3/t12-,15-/m1/s1. The van der Waals surface area contributed by atoms with Crippen LogP contribution in [0.2, 0.25) is 5.02 Å². The van der Waals surface area contributed by atoms with Crippen LogP contribution in [0.25, 0.3) is 0 Å². The van der Waals surface area contributed by atoms with Crippen LogP contribution < -0.4 is 0 Å². The number of amides is 1. The zero-order valence-corrected chi connectivity index (χ0v) is 13.2. The quantitative estimate of drug-likeness (QED) is 0.802. The van der Waals surface area contributed by atoms with E-state index in [1.165, 1.54) is 0 Å². The molecule has 0 aromatic heterocycles. The SMILES string of the molecule is C[C@@]12CCC(=O)N1[C@@H](C(=O)OCc1ccc(Cl)cc1)CS2. The van der Waals surface area contributed by atoms with Crippen molar-refractivity contribution in [3.63, 3.8) is 0 Å². The third-order valence-corrected chi connectivity index (χ3v) is 5.77. The molecule has 1 amide bonds. The Labute approximate surface area is 132 Å². The summed E-state index contributed by atoms with van der Waals surface area (Å²) >= 11 is 7.48. The van der Waals surface area contributed by atoms with E-state index in [-0.39, 0.29) is 23.4 Å². The molecule has 1 aromatic carbocycles. The number of hydrogen-bond donors (Lipinski definition) is 0. The van der Waals surface area contributed by atoms with Crippen LogP contribution in [0.5, 0.6) is 0 Å². The third-order valence-electron chi connectivity index (χ3n) is 4.01. The Kier molecular flexibility index (Phi) is 3.88. The molecular weight excluding hydrogens is 310 g/mol. The Bertz CT molecular complexity index is 577. The molecule has 21 heavy (non-hydrogen) atoms. The molecule has 2 fully saturated rings. The Morgan fingerprint density at radius 2 is 2.19 bits per heavy atom. The van der Waals surface area contributed by atoms with Crippen LogP contribution in [-0.4, -0.2) is 33.4 Å². The highest BCUT2D eigenvalue weighted by atomic mass is 35.5. The van der Waals surface area contributed by atoms with Gasteiger partial charge in [0.1, 0.15) is 12.6 Å². The largest absolute Gasteiger partial charge is 0.459 e. The topological polar surface area (TPSA) is 46.6 Å². The third kappa shape index (κ3) is 2.77.